The molecule has 4 rings (SSSR count). The Morgan fingerprint density at radius 3 is 2.43 bits per heavy atom. The first kappa shape index (κ1) is 20.2. The third-order valence-electron chi connectivity index (χ3n) is 4.92. The maximum absolute atomic E-state index is 13.9. The number of hydrogen-bond acceptors (Lipinski definition) is 5. The van der Waals surface area contributed by atoms with Crippen LogP contribution in [0.5, 0.6) is 0 Å². The summed E-state index contributed by atoms with van der Waals surface area (Å²) in [4.78, 5) is 1.44. The topological polar surface area (TPSA) is 75.2 Å². The zero-order valence-corrected chi connectivity index (χ0v) is 16.9. The van der Waals surface area contributed by atoms with Crippen molar-refractivity contribution in [1.82, 2.24) is 10.2 Å². The van der Waals surface area contributed by atoms with Crippen LogP contribution in [0.2, 0.25) is 0 Å². The smallest absolute Gasteiger partial charge is 0.264 e. The van der Waals surface area contributed by atoms with Gasteiger partial charge in [0.05, 0.1) is 5.69 Å². The van der Waals surface area contributed by atoms with Gasteiger partial charge in [-0.15, -0.1) is 10.2 Å². The number of nitrogens with zero attached hydrogens (tertiary/aromatic N) is 3. The molecule has 156 valence electrons. The van der Waals surface area contributed by atoms with Crippen LogP contribution in [-0.2, 0) is 10.0 Å². The van der Waals surface area contributed by atoms with Crippen LogP contribution in [0.1, 0.15) is 19.3 Å². The van der Waals surface area contributed by atoms with E-state index in [9.17, 15) is 17.2 Å². The van der Waals surface area contributed by atoms with Crippen molar-refractivity contribution in [3.8, 4) is 11.3 Å². The monoisotopic (exact) mass is 430 g/mol. The van der Waals surface area contributed by atoms with Crippen LogP contribution in [0.3, 0.4) is 0 Å². The number of halogens is 2. The molecule has 1 saturated heterocycles. The van der Waals surface area contributed by atoms with Gasteiger partial charge in [0.2, 0.25) is 0 Å². The number of anilines is 2. The molecule has 2 heterocycles. The Hall–Kier alpha value is -3.07. The van der Waals surface area contributed by atoms with E-state index < -0.39 is 26.6 Å². The Balaban J connectivity index is 1.56. The number of piperidine rings is 1. The van der Waals surface area contributed by atoms with E-state index in [1.807, 2.05) is 12.1 Å². The van der Waals surface area contributed by atoms with Gasteiger partial charge in [0, 0.05) is 24.3 Å². The molecule has 0 radical (unpaired) electrons. The summed E-state index contributed by atoms with van der Waals surface area (Å²) < 4.78 is 54.6. The predicted octanol–water partition coefficient (Wildman–Crippen LogP) is 4.21. The number of aromatic nitrogens is 2. The molecule has 0 bridgehead atoms. The Labute approximate surface area is 173 Å². The number of hydrogen-bond donors (Lipinski definition) is 1. The summed E-state index contributed by atoms with van der Waals surface area (Å²) in [7, 11) is -4.29. The molecule has 1 aromatic heterocycles. The van der Waals surface area contributed by atoms with Gasteiger partial charge in [-0.1, -0.05) is 12.1 Å². The summed E-state index contributed by atoms with van der Waals surface area (Å²) in [5.74, 6) is -1.05. The maximum Gasteiger partial charge on any atom is 0.264 e. The van der Waals surface area contributed by atoms with Crippen LogP contribution < -0.4 is 9.62 Å². The lowest BCUT2D eigenvalue weighted by Gasteiger charge is -2.27. The molecule has 0 saturated carbocycles. The standard InChI is InChI=1S/C21H20F2N4O2S/c22-16-7-8-18(23)20(14-16)30(28,29)26-17-6-4-5-15(13-17)19-9-10-21(25-24-19)27-11-2-1-3-12-27/h4-10,13-14,26H,1-3,11-12H2. The molecule has 0 spiro atoms. The first-order chi connectivity index (χ1) is 14.4. The van der Waals surface area contributed by atoms with Crippen LogP contribution >= 0.6 is 0 Å². The minimum atomic E-state index is -4.29. The van der Waals surface area contributed by atoms with Crippen molar-refractivity contribution >= 4 is 21.5 Å². The molecule has 0 aliphatic carbocycles. The Kier molecular flexibility index (Phi) is 5.63. The summed E-state index contributed by atoms with van der Waals surface area (Å²) in [6.45, 7) is 1.92. The molecule has 6 nitrogen and oxygen atoms in total. The van der Waals surface area contributed by atoms with Crippen LogP contribution in [0.15, 0.2) is 59.5 Å². The summed E-state index contributed by atoms with van der Waals surface area (Å²) in [6, 6.07) is 12.5. The van der Waals surface area contributed by atoms with Gasteiger partial charge in [-0.25, -0.2) is 17.2 Å². The summed E-state index contributed by atoms with van der Waals surface area (Å²) in [5.41, 5.74) is 1.43. The van der Waals surface area contributed by atoms with Crippen molar-refractivity contribution < 1.29 is 17.2 Å². The van der Waals surface area contributed by atoms with Crippen molar-refractivity contribution in [2.75, 3.05) is 22.7 Å². The molecule has 0 atom stereocenters. The zero-order valence-electron chi connectivity index (χ0n) is 16.1. The molecular weight excluding hydrogens is 410 g/mol. The average molecular weight is 430 g/mol. The first-order valence-corrected chi connectivity index (χ1v) is 11.1. The van der Waals surface area contributed by atoms with Gasteiger partial charge >= 0.3 is 0 Å². The normalized spacial score (nSPS) is 14.5. The fraction of sp³-hybridized carbons (Fsp3) is 0.238. The molecule has 1 N–H and O–H groups in total. The van der Waals surface area contributed by atoms with E-state index in [1.54, 1.807) is 18.2 Å². The van der Waals surface area contributed by atoms with Crippen molar-refractivity contribution in [2.24, 2.45) is 0 Å². The van der Waals surface area contributed by atoms with Crippen LogP contribution in [0.4, 0.5) is 20.3 Å². The maximum atomic E-state index is 13.9. The third-order valence-corrected chi connectivity index (χ3v) is 6.32. The highest BCUT2D eigenvalue weighted by Gasteiger charge is 2.20. The van der Waals surface area contributed by atoms with Crippen LogP contribution in [0, 0.1) is 11.6 Å². The van der Waals surface area contributed by atoms with E-state index >= 15 is 0 Å². The number of sulfonamides is 1. The Morgan fingerprint density at radius 2 is 1.70 bits per heavy atom. The molecule has 3 aromatic rings. The fourth-order valence-electron chi connectivity index (χ4n) is 3.41. The van der Waals surface area contributed by atoms with E-state index in [2.05, 4.69) is 19.8 Å². The third kappa shape index (κ3) is 4.40. The highest BCUT2D eigenvalue weighted by Crippen LogP contribution is 2.25. The van der Waals surface area contributed by atoms with E-state index in [0.717, 1.165) is 43.9 Å². The lowest BCUT2D eigenvalue weighted by atomic mass is 10.1. The lowest BCUT2D eigenvalue weighted by molar-refractivity contribution is 0.555. The second kappa shape index (κ2) is 8.35. The number of nitrogens with one attached hydrogen (secondary N) is 1. The van der Waals surface area contributed by atoms with Gasteiger partial charge in [0.15, 0.2) is 5.82 Å². The Morgan fingerprint density at radius 1 is 0.900 bits per heavy atom. The second-order valence-corrected chi connectivity index (χ2v) is 8.74. The quantitative estimate of drug-likeness (QED) is 0.656. The lowest BCUT2D eigenvalue weighted by Crippen LogP contribution is -2.30. The second-order valence-electron chi connectivity index (χ2n) is 7.09. The van der Waals surface area contributed by atoms with Crippen LogP contribution in [0.25, 0.3) is 11.3 Å². The zero-order chi connectivity index (χ0) is 21.1. The molecular formula is C21H20F2N4O2S. The minimum absolute atomic E-state index is 0.207. The van der Waals surface area contributed by atoms with Crippen molar-refractivity contribution in [3.63, 3.8) is 0 Å². The Bertz CT molecular complexity index is 1150. The number of rotatable bonds is 5. The fourth-order valence-corrected chi connectivity index (χ4v) is 4.55. The van der Waals surface area contributed by atoms with Crippen LogP contribution in [-0.4, -0.2) is 31.7 Å². The van der Waals surface area contributed by atoms with Crippen molar-refractivity contribution in [1.29, 1.82) is 0 Å². The molecule has 1 fully saturated rings. The first-order valence-electron chi connectivity index (χ1n) is 9.59. The highest BCUT2D eigenvalue weighted by molar-refractivity contribution is 7.92. The number of benzene rings is 2. The van der Waals surface area contributed by atoms with Gasteiger partial charge in [0.25, 0.3) is 10.0 Å². The molecule has 0 unspecified atom stereocenters. The molecule has 1 aliphatic rings. The van der Waals surface area contributed by atoms with Gasteiger partial charge in [-0.05, 0) is 61.7 Å². The molecule has 30 heavy (non-hydrogen) atoms. The van der Waals surface area contributed by atoms with Crippen molar-refractivity contribution in [2.45, 2.75) is 24.2 Å². The predicted molar refractivity (Wildman–Crippen MR) is 111 cm³/mol. The van der Waals surface area contributed by atoms with Crippen molar-refractivity contribution in [3.05, 3.63) is 66.2 Å². The van der Waals surface area contributed by atoms with E-state index in [4.69, 9.17) is 0 Å². The molecule has 1 aliphatic heterocycles. The minimum Gasteiger partial charge on any atom is -0.355 e. The van der Waals surface area contributed by atoms with E-state index in [-0.39, 0.29) is 5.69 Å². The SMILES string of the molecule is O=S(=O)(Nc1cccc(-c2ccc(N3CCCCC3)nn2)c1)c1cc(F)ccc1F. The van der Waals surface area contributed by atoms with Gasteiger partial charge < -0.3 is 4.90 Å². The molecule has 9 heteroatoms. The summed E-state index contributed by atoms with van der Waals surface area (Å²) >= 11 is 0. The largest absolute Gasteiger partial charge is 0.355 e. The van der Waals surface area contributed by atoms with E-state index in [0.29, 0.717) is 17.3 Å². The molecule has 2 aromatic carbocycles. The summed E-state index contributed by atoms with van der Waals surface area (Å²) in [6.07, 6.45) is 3.50. The van der Waals surface area contributed by atoms with Gasteiger partial charge in [0.1, 0.15) is 16.5 Å². The van der Waals surface area contributed by atoms with Gasteiger partial charge in [-0.2, -0.15) is 0 Å². The van der Waals surface area contributed by atoms with E-state index in [1.165, 1.54) is 12.5 Å². The summed E-state index contributed by atoms with van der Waals surface area (Å²) in [5, 5.41) is 8.57. The molecule has 0 amide bonds. The average Bonchev–Trinajstić information content (AvgIpc) is 2.76. The van der Waals surface area contributed by atoms with Gasteiger partial charge in [-0.3, -0.25) is 4.72 Å². The highest BCUT2D eigenvalue weighted by atomic mass is 32.2.